The number of alkyl halides is 3. The minimum Gasteiger partial charge on any atom is -0.481 e. The Morgan fingerprint density at radius 3 is 2.48 bits per heavy atom. The van der Waals surface area contributed by atoms with Crippen molar-refractivity contribution in [3.8, 4) is 5.69 Å². The minimum atomic E-state index is -4.53. The molecule has 2 N–H and O–H groups in total. The predicted octanol–water partition coefficient (Wildman–Crippen LogP) is 5.23. The van der Waals surface area contributed by atoms with Gasteiger partial charge in [0, 0.05) is 18.1 Å². The quantitative estimate of drug-likeness (QED) is 0.536. The van der Waals surface area contributed by atoms with Crippen molar-refractivity contribution < 1.29 is 23.1 Å². The van der Waals surface area contributed by atoms with Gasteiger partial charge in [-0.15, -0.1) is 0 Å². The molecular formula is C21H17ClF3N3O3. The summed E-state index contributed by atoms with van der Waals surface area (Å²) in [6, 6.07) is 9.55. The van der Waals surface area contributed by atoms with E-state index >= 15 is 0 Å². The van der Waals surface area contributed by atoms with E-state index in [-0.39, 0.29) is 28.9 Å². The molecule has 0 aliphatic rings. The van der Waals surface area contributed by atoms with Crippen molar-refractivity contribution in [2.24, 2.45) is 0 Å². The number of hydrogen-bond donors (Lipinski definition) is 2. The summed E-state index contributed by atoms with van der Waals surface area (Å²) in [6.07, 6.45) is -1.75. The summed E-state index contributed by atoms with van der Waals surface area (Å²) in [4.78, 5) is 27.6. The number of nitrogens with one attached hydrogen (secondary N) is 1. The molecule has 3 aromatic rings. The van der Waals surface area contributed by atoms with Crippen LogP contribution in [0.3, 0.4) is 0 Å². The second kappa shape index (κ2) is 8.81. The molecule has 0 radical (unpaired) electrons. The molecule has 1 heterocycles. The number of carbonyl (C=O) groups is 1. The summed E-state index contributed by atoms with van der Waals surface area (Å²) in [6.45, 7) is 1.79. The molecule has 31 heavy (non-hydrogen) atoms. The number of rotatable bonds is 6. The number of halogens is 4. The maximum absolute atomic E-state index is 12.8. The Balaban J connectivity index is 1.87. The van der Waals surface area contributed by atoms with Crippen LogP contribution >= 0.6 is 11.6 Å². The lowest BCUT2D eigenvalue weighted by Crippen LogP contribution is -2.22. The number of carboxylic acids is 1. The fourth-order valence-electron chi connectivity index (χ4n) is 2.96. The Kier molecular flexibility index (Phi) is 6.35. The fourth-order valence-corrected chi connectivity index (χ4v) is 3.19. The normalized spacial score (nSPS) is 12.4. The van der Waals surface area contributed by atoms with Gasteiger partial charge in [0.25, 0.3) is 5.56 Å². The third-order valence-electron chi connectivity index (χ3n) is 4.61. The van der Waals surface area contributed by atoms with Crippen LogP contribution in [0.5, 0.6) is 0 Å². The highest BCUT2D eigenvalue weighted by atomic mass is 35.5. The molecule has 1 atom stereocenters. The number of hydrogen-bond acceptors (Lipinski definition) is 4. The summed E-state index contributed by atoms with van der Waals surface area (Å²) in [5, 5.41) is 11.4. The third-order valence-corrected chi connectivity index (χ3v) is 4.92. The molecule has 2 aromatic carbocycles. The molecule has 6 nitrogen and oxygen atoms in total. The lowest BCUT2D eigenvalue weighted by Gasteiger charge is -2.13. The first kappa shape index (κ1) is 22.4. The largest absolute Gasteiger partial charge is 0.481 e. The van der Waals surface area contributed by atoms with Gasteiger partial charge >= 0.3 is 12.1 Å². The van der Waals surface area contributed by atoms with E-state index in [1.54, 1.807) is 31.2 Å². The molecular weight excluding hydrogens is 435 g/mol. The van der Waals surface area contributed by atoms with E-state index in [0.29, 0.717) is 5.69 Å². The van der Waals surface area contributed by atoms with E-state index in [2.05, 4.69) is 10.3 Å². The lowest BCUT2D eigenvalue weighted by molar-refractivity contribution is -0.138. The zero-order valence-electron chi connectivity index (χ0n) is 16.2. The van der Waals surface area contributed by atoms with Gasteiger partial charge < -0.3 is 10.4 Å². The highest BCUT2D eigenvalue weighted by Crippen LogP contribution is 2.34. The molecule has 0 aliphatic carbocycles. The number of carboxylic acid groups (broad SMARTS) is 1. The summed E-state index contributed by atoms with van der Waals surface area (Å²) in [5.41, 5.74) is -0.0123. The van der Waals surface area contributed by atoms with Crippen LogP contribution in [-0.2, 0) is 11.0 Å². The number of anilines is 2. The number of aromatic nitrogens is 2. The zero-order chi connectivity index (χ0) is 22.8. The highest BCUT2D eigenvalue weighted by molar-refractivity contribution is 6.33. The van der Waals surface area contributed by atoms with E-state index < -0.39 is 23.3 Å². The molecule has 0 aliphatic heterocycles. The van der Waals surface area contributed by atoms with Gasteiger partial charge in [-0.25, -0.2) is 4.98 Å². The van der Waals surface area contributed by atoms with Gasteiger partial charge in [0.15, 0.2) is 5.82 Å². The van der Waals surface area contributed by atoms with Crippen LogP contribution in [0.4, 0.5) is 24.7 Å². The average Bonchev–Trinajstić information content (AvgIpc) is 2.70. The third kappa shape index (κ3) is 5.24. The topological polar surface area (TPSA) is 84.2 Å². The van der Waals surface area contributed by atoms with Gasteiger partial charge in [-0.05, 0) is 41.8 Å². The Morgan fingerprint density at radius 1 is 1.23 bits per heavy atom. The molecule has 0 unspecified atom stereocenters. The first-order valence-corrected chi connectivity index (χ1v) is 9.47. The standard InChI is InChI=1S/C21H17ClF3N3O3/c1-12(10-18(29)30)13-2-5-15(6-3-13)28-9-8-26-19(20(28)31)27-17-7-4-14(11-16(17)22)21(23,24)25/h2-9,11-12H,10H2,1H3,(H,26,27)(H,29,30)/t12-/m0/s1. The van der Waals surface area contributed by atoms with Crippen LogP contribution in [0, 0.1) is 0 Å². The highest BCUT2D eigenvalue weighted by Gasteiger charge is 2.31. The molecule has 1 aromatic heterocycles. The van der Waals surface area contributed by atoms with Crippen molar-refractivity contribution in [2.75, 3.05) is 5.32 Å². The van der Waals surface area contributed by atoms with Crippen LogP contribution in [0.25, 0.3) is 5.69 Å². The average molecular weight is 452 g/mol. The van der Waals surface area contributed by atoms with Crippen molar-refractivity contribution in [2.45, 2.75) is 25.4 Å². The Hall–Kier alpha value is -3.33. The summed E-state index contributed by atoms with van der Waals surface area (Å²) < 4.78 is 39.7. The SMILES string of the molecule is C[C@@H](CC(=O)O)c1ccc(-n2ccnc(Nc3ccc(C(F)(F)F)cc3Cl)c2=O)cc1. The van der Waals surface area contributed by atoms with Crippen molar-refractivity contribution in [3.05, 3.63) is 81.4 Å². The molecule has 0 fully saturated rings. The molecule has 0 bridgehead atoms. The summed E-state index contributed by atoms with van der Waals surface area (Å²) in [7, 11) is 0. The molecule has 0 saturated heterocycles. The van der Waals surface area contributed by atoms with Crippen LogP contribution in [-0.4, -0.2) is 20.6 Å². The molecule has 0 saturated carbocycles. The van der Waals surface area contributed by atoms with Crippen LogP contribution in [0.15, 0.2) is 59.7 Å². The molecule has 0 amide bonds. The van der Waals surface area contributed by atoms with E-state index in [1.807, 2.05) is 0 Å². The number of nitrogens with zero attached hydrogens (tertiary/aromatic N) is 2. The molecule has 162 valence electrons. The number of aliphatic carboxylic acids is 1. The first-order chi connectivity index (χ1) is 14.6. The van der Waals surface area contributed by atoms with Crippen molar-refractivity contribution in [3.63, 3.8) is 0 Å². The smallest absolute Gasteiger partial charge is 0.416 e. The summed E-state index contributed by atoms with van der Waals surface area (Å²) >= 11 is 5.94. The van der Waals surface area contributed by atoms with Gasteiger partial charge in [-0.3, -0.25) is 14.2 Å². The Labute approximate surface area is 179 Å². The van der Waals surface area contributed by atoms with Crippen LogP contribution in [0.1, 0.15) is 30.4 Å². The van der Waals surface area contributed by atoms with E-state index in [1.165, 1.54) is 17.0 Å². The first-order valence-electron chi connectivity index (χ1n) is 9.10. The zero-order valence-corrected chi connectivity index (χ0v) is 16.9. The van der Waals surface area contributed by atoms with Crippen molar-refractivity contribution in [1.29, 1.82) is 0 Å². The second-order valence-corrected chi connectivity index (χ2v) is 7.27. The fraction of sp³-hybridized carbons (Fsp3) is 0.190. The van der Waals surface area contributed by atoms with Crippen molar-refractivity contribution >= 4 is 29.1 Å². The van der Waals surface area contributed by atoms with Gasteiger partial charge in [-0.1, -0.05) is 30.7 Å². The van der Waals surface area contributed by atoms with Crippen LogP contribution in [0.2, 0.25) is 5.02 Å². The van der Waals surface area contributed by atoms with Gasteiger partial charge in [0.1, 0.15) is 0 Å². The van der Waals surface area contributed by atoms with E-state index in [0.717, 1.165) is 23.8 Å². The van der Waals surface area contributed by atoms with Crippen molar-refractivity contribution in [1.82, 2.24) is 9.55 Å². The minimum absolute atomic E-state index is 0.0174. The van der Waals surface area contributed by atoms with Gasteiger partial charge in [-0.2, -0.15) is 13.2 Å². The molecule has 10 heteroatoms. The Morgan fingerprint density at radius 2 is 1.90 bits per heavy atom. The van der Waals surface area contributed by atoms with E-state index in [4.69, 9.17) is 16.7 Å². The monoisotopic (exact) mass is 451 g/mol. The van der Waals surface area contributed by atoms with Gasteiger partial charge in [0.2, 0.25) is 0 Å². The van der Waals surface area contributed by atoms with E-state index in [9.17, 15) is 22.8 Å². The van der Waals surface area contributed by atoms with Gasteiger partial charge in [0.05, 0.1) is 22.7 Å². The molecule has 3 rings (SSSR count). The number of benzene rings is 2. The van der Waals surface area contributed by atoms with Crippen LogP contribution < -0.4 is 10.9 Å². The predicted molar refractivity (Wildman–Crippen MR) is 110 cm³/mol. The maximum atomic E-state index is 12.8. The summed E-state index contributed by atoms with van der Waals surface area (Å²) in [5.74, 6) is -1.22. The second-order valence-electron chi connectivity index (χ2n) is 6.86. The molecule has 0 spiro atoms. The lowest BCUT2D eigenvalue weighted by atomic mass is 9.98. The Bertz CT molecular complexity index is 1160. The maximum Gasteiger partial charge on any atom is 0.416 e.